The zero-order valence-corrected chi connectivity index (χ0v) is 9.89. The minimum Gasteiger partial charge on any atom is -0.497 e. The van der Waals surface area contributed by atoms with Crippen molar-refractivity contribution in [2.24, 2.45) is 5.92 Å². The Morgan fingerprint density at radius 3 is 2.94 bits per heavy atom. The Kier molecular flexibility index (Phi) is 3.46. The Labute approximate surface area is 96.6 Å². The molecule has 0 aliphatic carbocycles. The molecule has 2 atom stereocenters. The number of ether oxygens (including phenoxy) is 1. The summed E-state index contributed by atoms with van der Waals surface area (Å²) < 4.78 is 5.23. The number of hydrogen-bond donors (Lipinski definition) is 1. The second-order valence-electron chi connectivity index (χ2n) is 4.52. The van der Waals surface area contributed by atoms with E-state index < -0.39 is 0 Å². The molecule has 1 N–H and O–H groups in total. The van der Waals surface area contributed by atoms with E-state index in [0.717, 1.165) is 18.7 Å². The maximum Gasteiger partial charge on any atom is 0.119 e. The summed E-state index contributed by atoms with van der Waals surface area (Å²) in [5.74, 6) is 1.31. The first-order chi connectivity index (χ1) is 7.74. The molecule has 88 valence electrons. The molecule has 1 aromatic carbocycles. The minimum atomic E-state index is 0.283. The van der Waals surface area contributed by atoms with E-state index in [-0.39, 0.29) is 6.61 Å². The average Bonchev–Trinajstić information content (AvgIpc) is 2.71. The van der Waals surface area contributed by atoms with Gasteiger partial charge in [0.25, 0.3) is 0 Å². The van der Waals surface area contributed by atoms with Gasteiger partial charge in [0.1, 0.15) is 5.75 Å². The number of aliphatic hydroxyl groups excluding tert-OH is 1. The summed E-state index contributed by atoms with van der Waals surface area (Å²) in [6, 6.07) is 8.60. The van der Waals surface area contributed by atoms with Crippen LogP contribution in [0.3, 0.4) is 0 Å². The fraction of sp³-hybridized carbons (Fsp3) is 0.538. The lowest BCUT2D eigenvalue weighted by Gasteiger charge is -2.19. The largest absolute Gasteiger partial charge is 0.497 e. The van der Waals surface area contributed by atoms with E-state index in [1.807, 2.05) is 12.1 Å². The van der Waals surface area contributed by atoms with E-state index in [4.69, 9.17) is 4.74 Å². The maximum atomic E-state index is 9.20. The molecule has 1 heterocycles. The zero-order valence-electron chi connectivity index (χ0n) is 9.89. The normalized spacial score (nSPS) is 25.9. The molecule has 0 bridgehead atoms. The van der Waals surface area contributed by atoms with Gasteiger partial charge < -0.3 is 9.84 Å². The molecule has 0 unspecified atom stereocenters. The predicted octanol–water partition coefficient (Wildman–Crippen LogP) is 1.68. The highest BCUT2D eigenvalue weighted by atomic mass is 16.5. The van der Waals surface area contributed by atoms with E-state index in [1.54, 1.807) is 7.11 Å². The Bertz CT molecular complexity index is 354. The number of aliphatic hydroxyl groups is 1. The number of methoxy groups -OCH3 is 1. The van der Waals surface area contributed by atoms with Gasteiger partial charge in [-0.1, -0.05) is 12.1 Å². The van der Waals surface area contributed by atoms with Crippen LogP contribution in [-0.2, 0) is 0 Å². The smallest absolute Gasteiger partial charge is 0.119 e. The van der Waals surface area contributed by atoms with Crippen LogP contribution in [0, 0.1) is 5.92 Å². The summed E-state index contributed by atoms with van der Waals surface area (Å²) in [5.41, 5.74) is 1.28. The van der Waals surface area contributed by atoms with Gasteiger partial charge in [-0.25, -0.2) is 0 Å². The van der Waals surface area contributed by atoms with Gasteiger partial charge in [-0.2, -0.15) is 0 Å². The second-order valence-corrected chi connectivity index (χ2v) is 4.52. The fourth-order valence-corrected chi connectivity index (χ4v) is 2.48. The van der Waals surface area contributed by atoms with Gasteiger partial charge in [0.15, 0.2) is 0 Å². The molecule has 0 aromatic heterocycles. The summed E-state index contributed by atoms with van der Waals surface area (Å²) in [4.78, 5) is 2.30. The fourth-order valence-electron chi connectivity index (χ4n) is 2.48. The standard InChI is InChI=1S/C13H19NO2/c1-14-8-10(9-15)6-13(14)11-4-3-5-12(7-11)16-2/h3-5,7,10,13,15H,6,8-9H2,1-2H3/t10-,13+/m1/s1. The molecule has 1 aromatic rings. The molecule has 2 rings (SSSR count). The van der Waals surface area contributed by atoms with Crippen LogP contribution in [-0.4, -0.2) is 37.3 Å². The molecular weight excluding hydrogens is 202 g/mol. The summed E-state index contributed by atoms with van der Waals surface area (Å²) in [5, 5.41) is 9.20. The van der Waals surface area contributed by atoms with Crippen molar-refractivity contribution in [1.82, 2.24) is 4.90 Å². The number of benzene rings is 1. The monoisotopic (exact) mass is 221 g/mol. The lowest BCUT2D eigenvalue weighted by atomic mass is 10.0. The Morgan fingerprint density at radius 2 is 2.31 bits per heavy atom. The number of rotatable bonds is 3. The molecule has 3 heteroatoms. The van der Waals surface area contributed by atoms with Crippen LogP contribution < -0.4 is 4.74 Å². The third-order valence-electron chi connectivity index (χ3n) is 3.37. The average molecular weight is 221 g/mol. The van der Waals surface area contributed by atoms with Crippen LogP contribution in [0.1, 0.15) is 18.0 Å². The molecule has 1 aliphatic rings. The van der Waals surface area contributed by atoms with E-state index in [2.05, 4.69) is 24.1 Å². The third-order valence-corrected chi connectivity index (χ3v) is 3.37. The molecule has 16 heavy (non-hydrogen) atoms. The predicted molar refractivity (Wildman–Crippen MR) is 63.6 cm³/mol. The van der Waals surface area contributed by atoms with Crippen LogP contribution >= 0.6 is 0 Å². The van der Waals surface area contributed by atoms with Crippen LogP contribution in [0.4, 0.5) is 0 Å². The maximum absolute atomic E-state index is 9.20. The van der Waals surface area contributed by atoms with Crippen molar-refractivity contribution in [2.75, 3.05) is 27.3 Å². The lowest BCUT2D eigenvalue weighted by Crippen LogP contribution is -2.18. The number of likely N-dealkylation sites (tertiary alicyclic amines) is 1. The highest BCUT2D eigenvalue weighted by Crippen LogP contribution is 2.34. The van der Waals surface area contributed by atoms with E-state index in [1.165, 1.54) is 5.56 Å². The number of hydrogen-bond acceptors (Lipinski definition) is 3. The molecule has 3 nitrogen and oxygen atoms in total. The topological polar surface area (TPSA) is 32.7 Å². The minimum absolute atomic E-state index is 0.283. The van der Waals surface area contributed by atoms with Crippen LogP contribution in [0.15, 0.2) is 24.3 Å². The highest BCUT2D eigenvalue weighted by Gasteiger charge is 2.29. The van der Waals surface area contributed by atoms with Crippen molar-refractivity contribution in [3.63, 3.8) is 0 Å². The van der Waals surface area contributed by atoms with Crippen molar-refractivity contribution in [2.45, 2.75) is 12.5 Å². The summed E-state index contributed by atoms with van der Waals surface area (Å²) in [7, 11) is 3.80. The van der Waals surface area contributed by atoms with E-state index in [9.17, 15) is 5.11 Å². The first-order valence-electron chi connectivity index (χ1n) is 5.69. The molecule has 1 saturated heterocycles. The summed E-state index contributed by atoms with van der Waals surface area (Å²) >= 11 is 0. The van der Waals surface area contributed by atoms with Gasteiger partial charge in [-0.05, 0) is 37.1 Å². The van der Waals surface area contributed by atoms with Crippen LogP contribution in [0.5, 0.6) is 5.75 Å². The van der Waals surface area contributed by atoms with Crippen molar-refractivity contribution in [1.29, 1.82) is 0 Å². The van der Waals surface area contributed by atoms with Gasteiger partial charge in [-0.15, -0.1) is 0 Å². The SMILES string of the molecule is COc1cccc([C@@H]2C[C@@H](CO)CN2C)c1. The van der Waals surface area contributed by atoms with E-state index in [0.29, 0.717) is 12.0 Å². The van der Waals surface area contributed by atoms with Gasteiger partial charge in [0.05, 0.1) is 7.11 Å². The zero-order chi connectivity index (χ0) is 11.5. The molecule has 0 amide bonds. The summed E-state index contributed by atoms with van der Waals surface area (Å²) in [6.45, 7) is 1.25. The van der Waals surface area contributed by atoms with Gasteiger partial charge in [-0.3, -0.25) is 4.90 Å². The Morgan fingerprint density at radius 1 is 1.50 bits per heavy atom. The van der Waals surface area contributed by atoms with Crippen LogP contribution in [0.2, 0.25) is 0 Å². The highest BCUT2D eigenvalue weighted by molar-refractivity contribution is 5.31. The third kappa shape index (κ3) is 2.20. The Balaban J connectivity index is 2.17. The van der Waals surface area contributed by atoms with Crippen LogP contribution in [0.25, 0.3) is 0 Å². The molecule has 0 radical (unpaired) electrons. The van der Waals surface area contributed by atoms with Gasteiger partial charge in [0, 0.05) is 19.2 Å². The van der Waals surface area contributed by atoms with Gasteiger partial charge >= 0.3 is 0 Å². The molecule has 1 fully saturated rings. The summed E-state index contributed by atoms with van der Waals surface area (Å²) in [6.07, 6.45) is 1.03. The number of nitrogens with zero attached hydrogens (tertiary/aromatic N) is 1. The molecule has 1 aliphatic heterocycles. The molecular formula is C13H19NO2. The molecule has 0 saturated carbocycles. The van der Waals surface area contributed by atoms with Crippen molar-refractivity contribution in [3.05, 3.63) is 29.8 Å². The van der Waals surface area contributed by atoms with Gasteiger partial charge in [0.2, 0.25) is 0 Å². The van der Waals surface area contributed by atoms with E-state index >= 15 is 0 Å². The van der Waals surface area contributed by atoms with Crippen molar-refractivity contribution >= 4 is 0 Å². The van der Waals surface area contributed by atoms with Crippen molar-refractivity contribution < 1.29 is 9.84 Å². The second kappa shape index (κ2) is 4.85. The lowest BCUT2D eigenvalue weighted by molar-refractivity contribution is 0.227. The first-order valence-corrected chi connectivity index (χ1v) is 5.69. The quantitative estimate of drug-likeness (QED) is 0.843. The Hall–Kier alpha value is -1.06. The van der Waals surface area contributed by atoms with Crippen molar-refractivity contribution in [3.8, 4) is 5.75 Å². The first kappa shape index (κ1) is 11.4. The molecule has 0 spiro atoms.